The quantitative estimate of drug-likeness (QED) is 0.757. The number of nitrogens with zero attached hydrogens (tertiary/aromatic N) is 3. The van der Waals surface area contributed by atoms with Crippen molar-refractivity contribution in [3.63, 3.8) is 0 Å². The van der Waals surface area contributed by atoms with E-state index in [-0.39, 0.29) is 30.8 Å². The summed E-state index contributed by atoms with van der Waals surface area (Å²) in [4.78, 5) is 53.2. The van der Waals surface area contributed by atoms with Crippen molar-refractivity contribution in [3.05, 3.63) is 0 Å². The number of carbonyl (C=O) groups excluding carboxylic acids is 3. The van der Waals surface area contributed by atoms with Crippen LogP contribution in [0.15, 0.2) is 0 Å². The Morgan fingerprint density at radius 2 is 1.80 bits per heavy atom. The number of aliphatic carboxylic acids is 1. The van der Waals surface area contributed by atoms with Crippen LogP contribution >= 0.6 is 0 Å². The monoisotopic (exact) mass is 351 g/mol. The molecule has 2 aliphatic heterocycles. The number of imide groups is 1. The number of carboxylic acid groups (broad SMARTS) is 1. The van der Waals surface area contributed by atoms with E-state index in [4.69, 9.17) is 0 Å². The highest BCUT2D eigenvalue weighted by Crippen LogP contribution is 2.39. The van der Waals surface area contributed by atoms with Gasteiger partial charge in [0.2, 0.25) is 5.91 Å². The van der Waals surface area contributed by atoms with E-state index in [1.54, 1.807) is 14.0 Å². The zero-order valence-corrected chi connectivity index (χ0v) is 14.7. The molecule has 2 saturated heterocycles. The molecular formula is C17H25N3O5. The summed E-state index contributed by atoms with van der Waals surface area (Å²) in [6, 6.07) is -0.428. The van der Waals surface area contributed by atoms with Crippen LogP contribution < -0.4 is 0 Å². The summed E-state index contributed by atoms with van der Waals surface area (Å²) < 4.78 is 0. The van der Waals surface area contributed by atoms with E-state index < -0.39 is 23.5 Å². The summed E-state index contributed by atoms with van der Waals surface area (Å²) in [5.41, 5.74) is -0.794. The molecule has 0 aromatic heterocycles. The van der Waals surface area contributed by atoms with Crippen molar-refractivity contribution in [2.75, 3.05) is 26.7 Å². The lowest BCUT2D eigenvalue weighted by Crippen LogP contribution is -2.49. The van der Waals surface area contributed by atoms with Gasteiger partial charge in [-0.05, 0) is 18.8 Å². The lowest BCUT2D eigenvalue weighted by molar-refractivity contribution is -0.143. The van der Waals surface area contributed by atoms with Crippen molar-refractivity contribution < 1.29 is 24.3 Å². The lowest BCUT2D eigenvalue weighted by Gasteiger charge is -2.35. The molecule has 0 aromatic carbocycles. The molecule has 3 fully saturated rings. The van der Waals surface area contributed by atoms with Gasteiger partial charge in [0.1, 0.15) is 12.1 Å². The minimum absolute atomic E-state index is 0.131. The van der Waals surface area contributed by atoms with Gasteiger partial charge in [0.15, 0.2) is 0 Å². The van der Waals surface area contributed by atoms with Gasteiger partial charge in [-0.2, -0.15) is 0 Å². The Morgan fingerprint density at radius 1 is 1.16 bits per heavy atom. The number of urea groups is 1. The maximum atomic E-state index is 12.9. The van der Waals surface area contributed by atoms with E-state index in [0.29, 0.717) is 19.4 Å². The third-order valence-corrected chi connectivity index (χ3v) is 6.06. The second-order valence-electron chi connectivity index (χ2n) is 7.55. The number of amides is 4. The molecule has 0 bridgehead atoms. The summed E-state index contributed by atoms with van der Waals surface area (Å²) in [6.07, 6.45) is 4.13. The number of carboxylic acids is 1. The van der Waals surface area contributed by atoms with E-state index in [1.807, 2.05) is 0 Å². The molecule has 2 heterocycles. The molecule has 138 valence electrons. The molecule has 3 aliphatic rings. The molecule has 25 heavy (non-hydrogen) atoms. The number of likely N-dealkylation sites (tertiary alicyclic amines) is 1. The Labute approximate surface area is 146 Å². The van der Waals surface area contributed by atoms with Crippen molar-refractivity contribution in [2.24, 2.45) is 11.8 Å². The van der Waals surface area contributed by atoms with Gasteiger partial charge in [0, 0.05) is 20.1 Å². The van der Waals surface area contributed by atoms with Gasteiger partial charge in [-0.1, -0.05) is 26.2 Å². The van der Waals surface area contributed by atoms with Crippen LogP contribution in [0, 0.1) is 11.8 Å². The van der Waals surface area contributed by atoms with Crippen LogP contribution in [0.1, 0.15) is 39.0 Å². The molecule has 8 nitrogen and oxygen atoms in total. The summed E-state index contributed by atoms with van der Waals surface area (Å²) in [5, 5.41) is 9.19. The molecule has 1 spiro atoms. The van der Waals surface area contributed by atoms with Gasteiger partial charge in [0.25, 0.3) is 5.91 Å². The Morgan fingerprint density at radius 3 is 2.36 bits per heavy atom. The van der Waals surface area contributed by atoms with Crippen LogP contribution in [-0.2, 0) is 14.4 Å². The highest BCUT2D eigenvalue weighted by Gasteiger charge is 2.56. The van der Waals surface area contributed by atoms with Crippen molar-refractivity contribution in [3.8, 4) is 0 Å². The van der Waals surface area contributed by atoms with E-state index in [0.717, 1.165) is 24.2 Å². The van der Waals surface area contributed by atoms with Gasteiger partial charge in [0.05, 0.1) is 5.92 Å². The largest absolute Gasteiger partial charge is 0.481 e. The minimum Gasteiger partial charge on any atom is -0.481 e. The highest BCUT2D eigenvalue weighted by molar-refractivity contribution is 6.09. The summed E-state index contributed by atoms with van der Waals surface area (Å²) in [7, 11) is 1.63. The highest BCUT2D eigenvalue weighted by atomic mass is 16.4. The molecular weight excluding hydrogens is 326 g/mol. The smallest absolute Gasteiger partial charge is 0.327 e. The van der Waals surface area contributed by atoms with Gasteiger partial charge >= 0.3 is 12.0 Å². The molecule has 2 atom stereocenters. The third-order valence-electron chi connectivity index (χ3n) is 6.06. The second-order valence-corrected chi connectivity index (χ2v) is 7.55. The van der Waals surface area contributed by atoms with Gasteiger partial charge < -0.3 is 14.9 Å². The first-order valence-corrected chi connectivity index (χ1v) is 8.88. The average molecular weight is 351 g/mol. The van der Waals surface area contributed by atoms with Crippen LogP contribution in [0.4, 0.5) is 4.79 Å². The van der Waals surface area contributed by atoms with Crippen LogP contribution in [-0.4, -0.2) is 75.8 Å². The summed E-state index contributed by atoms with van der Waals surface area (Å²) >= 11 is 0. The first-order valence-electron chi connectivity index (χ1n) is 8.88. The minimum atomic E-state index is -0.919. The third kappa shape index (κ3) is 2.77. The van der Waals surface area contributed by atoms with E-state index in [9.17, 15) is 24.3 Å². The second kappa shape index (κ2) is 6.31. The average Bonchev–Trinajstić information content (AvgIpc) is 3.06. The van der Waals surface area contributed by atoms with Crippen molar-refractivity contribution >= 4 is 23.8 Å². The summed E-state index contributed by atoms with van der Waals surface area (Å²) in [6.45, 7) is 1.96. The van der Waals surface area contributed by atoms with Crippen LogP contribution in [0.3, 0.4) is 0 Å². The molecule has 0 radical (unpaired) electrons. The van der Waals surface area contributed by atoms with Crippen LogP contribution in [0.2, 0.25) is 0 Å². The zero-order valence-electron chi connectivity index (χ0n) is 14.7. The number of rotatable bonds is 3. The van der Waals surface area contributed by atoms with Crippen LogP contribution in [0.25, 0.3) is 0 Å². The normalized spacial score (nSPS) is 29.0. The molecule has 1 N–H and O–H groups in total. The fourth-order valence-electron chi connectivity index (χ4n) is 4.40. The Hall–Kier alpha value is -2.12. The van der Waals surface area contributed by atoms with Gasteiger partial charge in [-0.25, -0.2) is 4.79 Å². The first-order chi connectivity index (χ1) is 11.8. The molecule has 1 aliphatic carbocycles. The summed E-state index contributed by atoms with van der Waals surface area (Å²) in [5.74, 6) is -2.30. The Bertz CT molecular complexity index is 613. The molecule has 0 aromatic rings. The maximum absolute atomic E-state index is 12.9. The fraction of sp³-hybridized carbons (Fsp3) is 0.765. The van der Waals surface area contributed by atoms with Crippen molar-refractivity contribution in [2.45, 2.75) is 44.6 Å². The molecule has 4 amide bonds. The first kappa shape index (κ1) is 17.7. The Kier molecular flexibility index (Phi) is 4.47. The number of hydrogen-bond donors (Lipinski definition) is 1. The van der Waals surface area contributed by atoms with E-state index in [1.165, 1.54) is 9.80 Å². The van der Waals surface area contributed by atoms with Crippen LogP contribution in [0.5, 0.6) is 0 Å². The van der Waals surface area contributed by atoms with Crippen molar-refractivity contribution in [1.29, 1.82) is 0 Å². The zero-order chi connectivity index (χ0) is 18.4. The fourth-order valence-corrected chi connectivity index (χ4v) is 4.40. The van der Waals surface area contributed by atoms with E-state index in [2.05, 4.69) is 0 Å². The van der Waals surface area contributed by atoms with E-state index >= 15 is 0 Å². The van der Waals surface area contributed by atoms with Crippen molar-refractivity contribution in [1.82, 2.24) is 14.7 Å². The van der Waals surface area contributed by atoms with Gasteiger partial charge in [-0.15, -0.1) is 0 Å². The lowest BCUT2D eigenvalue weighted by atomic mass is 9.81. The Balaban J connectivity index is 1.70. The number of likely N-dealkylation sites (N-methyl/N-ethyl adjacent to an activating group) is 1. The SMILES string of the molecule is C[C@@H]1CN(C(=O)CN2C(=O)N(C)C3(CCCCC3)C2=O)C[C@H]1C(=O)O. The predicted molar refractivity (Wildman–Crippen MR) is 87.6 cm³/mol. The standard InChI is InChI=1S/C17H25N3O5/c1-11-8-19(9-12(11)14(22)23)13(21)10-20-15(24)17(18(2)16(20)25)6-4-3-5-7-17/h11-12H,3-10H2,1-2H3,(H,22,23)/t11-,12-/m1/s1. The molecule has 3 rings (SSSR count). The van der Waals surface area contributed by atoms with Gasteiger partial charge in [-0.3, -0.25) is 19.3 Å². The number of carbonyl (C=O) groups is 4. The molecule has 8 heteroatoms. The molecule has 1 saturated carbocycles. The molecule has 0 unspecified atom stereocenters. The predicted octanol–water partition coefficient (Wildman–Crippen LogP) is 0.762. The maximum Gasteiger partial charge on any atom is 0.327 e. The topological polar surface area (TPSA) is 98.2 Å². The number of hydrogen-bond acceptors (Lipinski definition) is 4.